The molecule has 9 heteroatoms. The van der Waals surface area contributed by atoms with Crippen LogP contribution in [0.3, 0.4) is 0 Å². The minimum atomic E-state index is -0.528. The molecule has 2 N–H and O–H groups in total. The standard InChI is InChI=1S/C23H14N4O4S/c24-13-18-17(14-5-3-6-15(11-14)27(30)31)12-19(16-7-1-2-8-20(16)28)25-22(18)26-23(29)21-9-4-10-32-21/h1-12,28H,(H,25,26,29). The van der Waals surface area contributed by atoms with Crippen LogP contribution in [0.4, 0.5) is 11.5 Å². The van der Waals surface area contributed by atoms with Crippen LogP contribution in [-0.4, -0.2) is 20.9 Å². The highest BCUT2D eigenvalue weighted by atomic mass is 32.1. The van der Waals surface area contributed by atoms with Crippen molar-refractivity contribution < 1.29 is 14.8 Å². The zero-order valence-corrected chi connectivity index (χ0v) is 17.2. The van der Waals surface area contributed by atoms with E-state index in [9.17, 15) is 25.3 Å². The van der Waals surface area contributed by atoms with E-state index < -0.39 is 10.8 Å². The molecule has 0 aliphatic heterocycles. The van der Waals surface area contributed by atoms with Gasteiger partial charge in [-0.1, -0.05) is 30.3 Å². The van der Waals surface area contributed by atoms with Crippen LogP contribution in [-0.2, 0) is 0 Å². The van der Waals surface area contributed by atoms with Crippen LogP contribution >= 0.6 is 11.3 Å². The van der Waals surface area contributed by atoms with Gasteiger partial charge in [0.05, 0.1) is 15.5 Å². The van der Waals surface area contributed by atoms with E-state index >= 15 is 0 Å². The normalized spacial score (nSPS) is 10.3. The van der Waals surface area contributed by atoms with Crippen LogP contribution in [0.1, 0.15) is 15.2 Å². The second-order valence-corrected chi connectivity index (χ2v) is 7.59. The van der Waals surface area contributed by atoms with Gasteiger partial charge in [0.25, 0.3) is 11.6 Å². The van der Waals surface area contributed by atoms with Gasteiger partial charge in [-0.2, -0.15) is 5.26 Å². The first-order chi connectivity index (χ1) is 15.5. The van der Waals surface area contributed by atoms with Crippen LogP contribution in [0.2, 0.25) is 0 Å². The number of nitriles is 1. The van der Waals surface area contributed by atoms with E-state index in [2.05, 4.69) is 10.3 Å². The second-order valence-electron chi connectivity index (χ2n) is 6.65. The van der Waals surface area contributed by atoms with Crippen LogP contribution in [0, 0.1) is 21.4 Å². The molecule has 0 saturated carbocycles. The Morgan fingerprint density at radius 1 is 1.09 bits per heavy atom. The van der Waals surface area contributed by atoms with E-state index in [1.54, 1.807) is 47.8 Å². The number of nitrogens with zero attached hydrogens (tertiary/aromatic N) is 3. The number of aromatic nitrogens is 1. The minimum absolute atomic E-state index is 0.00633. The molecule has 4 aromatic rings. The summed E-state index contributed by atoms with van der Waals surface area (Å²) in [5.41, 5.74) is 1.33. The quantitative estimate of drug-likeness (QED) is 0.322. The number of pyridine rings is 1. The van der Waals surface area contributed by atoms with Crippen molar-refractivity contribution in [3.05, 3.63) is 92.7 Å². The molecule has 8 nitrogen and oxygen atoms in total. The van der Waals surface area contributed by atoms with Gasteiger partial charge in [0.2, 0.25) is 0 Å². The number of nitrogens with one attached hydrogen (secondary N) is 1. The van der Waals surface area contributed by atoms with Gasteiger partial charge in [-0.25, -0.2) is 4.98 Å². The van der Waals surface area contributed by atoms with Crippen LogP contribution in [0.5, 0.6) is 5.75 Å². The number of hydrogen-bond donors (Lipinski definition) is 2. The summed E-state index contributed by atoms with van der Waals surface area (Å²) >= 11 is 1.23. The zero-order valence-electron chi connectivity index (χ0n) is 16.4. The van der Waals surface area contributed by atoms with Crippen molar-refractivity contribution in [2.75, 3.05) is 5.32 Å². The van der Waals surface area contributed by atoms with Crippen molar-refractivity contribution in [1.82, 2.24) is 4.98 Å². The molecule has 2 heterocycles. The lowest BCUT2D eigenvalue weighted by atomic mass is 9.97. The molecule has 32 heavy (non-hydrogen) atoms. The smallest absolute Gasteiger partial charge is 0.270 e. The maximum Gasteiger partial charge on any atom is 0.270 e. The fourth-order valence-corrected chi connectivity index (χ4v) is 3.79. The Hall–Kier alpha value is -4.55. The van der Waals surface area contributed by atoms with Crippen LogP contribution < -0.4 is 5.32 Å². The first-order valence-corrected chi connectivity index (χ1v) is 10.2. The summed E-state index contributed by atoms with van der Waals surface area (Å²) in [7, 11) is 0. The van der Waals surface area contributed by atoms with Gasteiger partial charge >= 0.3 is 0 Å². The summed E-state index contributed by atoms with van der Waals surface area (Å²) in [6, 6.07) is 19.3. The highest BCUT2D eigenvalue weighted by Gasteiger charge is 2.20. The number of benzene rings is 2. The number of carbonyl (C=O) groups excluding carboxylic acids is 1. The van der Waals surface area contributed by atoms with Crippen molar-refractivity contribution in [3.63, 3.8) is 0 Å². The third-order valence-corrected chi connectivity index (χ3v) is 5.52. The van der Waals surface area contributed by atoms with Crippen molar-refractivity contribution in [2.24, 2.45) is 0 Å². The Bertz CT molecular complexity index is 1380. The number of thiophene rings is 1. The number of anilines is 1. The third-order valence-electron chi connectivity index (χ3n) is 4.66. The molecule has 0 atom stereocenters. The number of rotatable bonds is 5. The van der Waals surface area contributed by atoms with E-state index in [4.69, 9.17) is 0 Å². The van der Waals surface area contributed by atoms with Crippen molar-refractivity contribution in [1.29, 1.82) is 5.26 Å². The van der Waals surface area contributed by atoms with Gasteiger partial charge in [-0.05, 0) is 35.2 Å². The highest BCUT2D eigenvalue weighted by molar-refractivity contribution is 7.12. The number of nitro groups is 1. The van der Waals surface area contributed by atoms with E-state index in [1.807, 2.05) is 6.07 Å². The Labute approximate surface area is 186 Å². The van der Waals surface area contributed by atoms with Gasteiger partial charge < -0.3 is 10.4 Å². The molecule has 4 rings (SSSR count). The summed E-state index contributed by atoms with van der Waals surface area (Å²) in [4.78, 5) is 28.2. The Morgan fingerprint density at radius 2 is 1.91 bits per heavy atom. The van der Waals surface area contributed by atoms with Gasteiger partial charge in [-0.3, -0.25) is 14.9 Å². The minimum Gasteiger partial charge on any atom is -0.507 e. The number of non-ortho nitro benzene ring substituents is 1. The second kappa shape index (κ2) is 8.67. The third kappa shape index (κ3) is 4.03. The van der Waals surface area contributed by atoms with Gasteiger partial charge in [0.1, 0.15) is 17.4 Å². The number of carbonyl (C=O) groups is 1. The number of para-hydroxylation sites is 1. The molecule has 0 aliphatic rings. The zero-order chi connectivity index (χ0) is 22.7. The maximum atomic E-state index is 12.7. The summed E-state index contributed by atoms with van der Waals surface area (Å²) in [5.74, 6) is -0.484. The molecule has 0 bridgehead atoms. The lowest BCUT2D eigenvalue weighted by Gasteiger charge is -2.14. The van der Waals surface area contributed by atoms with Gasteiger partial charge in [-0.15, -0.1) is 11.3 Å². The van der Waals surface area contributed by atoms with Crippen LogP contribution in [0.25, 0.3) is 22.4 Å². The average Bonchev–Trinajstić information content (AvgIpc) is 3.34. The predicted octanol–water partition coefficient (Wildman–Crippen LogP) is 5.21. The molecule has 1 amide bonds. The molecule has 2 aromatic carbocycles. The predicted molar refractivity (Wildman–Crippen MR) is 120 cm³/mol. The average molecular weight is 442 g/mol. The molecular formula is C23H14N4O4S. The van der Waals surface area contributed by atoms with Gasteiger partial charge in [0.15, 0.2) is 5.82 Å². The molecule has 156 valence electrons. The molecule has 0 saturated heterocycles. The number of amides is 1. The van der Waals surface area contributed by atoms with Crippen molar-refractivity contribution >= 4 is 28.7 Å². The largest absolute Gasteiger partial charge is 0.507 e. The molecular weight excluding hydrogens is 428 g/mol. The number of nitro benzene ring substituents is 1. The molecule has 2 aromatic heterocycles. The molecule has 0 fully saturated rings. The first kappa shape index (κ1) is 20.7. The van der Waals surface area contributed by atoms with Crippen molar-refractivity contribution in [3.8, 4) is 34.2 Å². The molecule has 0 unspecified atom stereocenters. The number of aromatic hydroxyl groups is 1. The lowest BCUT2D eigenvalue weighted by molar-refractivity contribution is -0.384. The molecule has 0 radical (unpaired) electrons. The lowest BCUT2D eigenvalue weighted by Crippen LogP contribution is -2.13. The first-order valence-electron chi connectivity index (χ1n) is 9.31. The summed E-state index contributed by atoms with van der Waals surface area (Å²) < 4.78 is 0. The fourth-order valence-electron chi connectivity index (χ4n) is 3.17. The van der Waals surface area contributed by atoms with E-state index in [0.29, 0.717) is 27.3 Å². The van der Waals surface area contributed by atoms with E-state index in [1.165, 1.54) is 35.6 Å². The van der Waals surface area contributed by atoms with Gasteiger partial charge in [0, 0.05) is 23.3 Å². The number of hydrogen-bond acceptors (Lipinski definition) is 7. The summed E-state index contributed by atoms with van der Waals surface area (Å²) in [5, 5.41) is 35.9. The summed E-state index contributed by atoms with van der Waals surface area (Å²) in [6.45, 7) is 0. The number of phenols is 1. The van der Waals surface area contributed by atoms with E-state index in [-0.39, 0.29) is 22.8 Å². The summed E-state index contributed by atoms with van der Waals surface area (Å²) in [6.07, 6.45) is 0. The Kier molecular flexibility index (Phi) is 5.61. The fraction of sp³-hybridized carbons (Fsp3) is 0. The Morgan fingerprint density at radius 3 is 2.59 bits per heavy atom. The Balaban J connectivity index is 1.93. The molecule has 0 aliphatic carbocycles. The molecule has 0 spiro atoms. The monoisotopic (exact) mass is 442 g/mol. The maximum absolute atomic E-state index is 12.7. The van der Waals surface area contributed by atoms with E-state index in [0.717, 1.165) is 0 Å². The topological polar surface area (TPSA) is 129 Å². The van der Waals surface area contributed by atoms with Crippen molar-refractivity contribution in [2.45, 2.75) is 0 Å². The highest BCUT2D eigenvalue weighted by Crippen LogP contribution is 2.36. The van der Waals surface area contributed by atoms with Crippen LogP contribution in [0.15, 0.2) is 72.1 Å². The number of phenolic OH excluding ortho intramolecular Hbond substituents is 1. The SMILES string of the molecule is N#Cc1c(-c2cccc([N+](=O)[O-])c2)cc(-c2ccccc2O)nc1NC(=O)c1cccs1.